The molecule has 0 N–H and O–H groups in total. The van der Waals surface area contributed by atoms with Crippen molar-refractivity contribution in [2.45, 2.75) is 26.2 Å². The number of hydrogen-bond donors (Lipinski definition) is 0. The first-order chi connectivity index (χ1) is 12.0. The molecule has 0 atom stereocenters. The molecule has 1 aromatic heterocycles. The average Bonchev–Trinajstić information content (AvgIpc) is 3.03. The van der Waals surface area contributed by atoms with Crippen LogP contribution in [0.3, 0.4) is 0 Å². The standard InChI is InChI=1S/C14H21N3OS.C2H2O4.2Na/c1-3-4-5-6-10-18-14-13(15-19-16-14)12-8-7-9-17(2)11-12;3-1(4)2(5)6;;/h5-6,8H,3-4,7,9-11H2,1-2H3;(H,3,4)(H,5,6);;/q;;2*+1/p-2/b6-5+;;;. The van der Waals surface area contributed by atoms with Crippen LogP contribution in [0.4, 0.5) is 0 Å². The van der Waals surface area contributed by atoms with E-state index >= 15 is 0 Å². The number of carboxylic acids is 2. The normalized spacial score (nSPS) is 13.5. The summed E-state index contributed by atoms with van der Waals surface area (Å²) in [6, 6.07) is 0. The Morgan fingerprint density at radius 1 is 1.26 bits per heavy atom. The molecular formula is C16H21N3Na2O5S. The number of carbonyl (C=O) groups excluding carboxylic acids is 2. The van der Waals surface area contributed by atoms with Gasteiger partial charge in [0.15, 0.2) is 0 Å². The molecule has 0 fully saturated rings. The number of hydrogen-bond acceptors (Lipinski definition) is 9. The van der Waals surface area contributed by atoms with Crippen LogP contribution in [-0.4, -0.2) is 52.3 Å². The second-order valence-electron chi connectivity index (χ2n) is 5.32. The minimum Gasteiger partial charge on any atom is -0.543 e. The summed E-state index contributed by atoms with van der Waals surface area (Å²) in [6.07, 6.45) is 9.78. The smallest absolute Gasteiger partial charge is 0.543 e. The molecule has 0 aliphatic carbocycles. The molecule has 1 aliphatic heterocycles. The van der Waals surface area contributed by atoms with Crippen LogP contribution in [0.5, 0.6) is 5.88 Å². The van der Waals surface area contributed by atoms with Gasteiger partial charge in [-0.2, -0.15) is 4.37 Å². The Hall–Kier alpha value is -0.260. The van der Waals surface area contributed by atoms with Gasteiger partial charge >= 0.3 is 59.1 Å². The van der Waals surface area contributed by atoms with Crippen LogP contribution in [-0.2, 0) is 9.59 Å². The van der Waals surface area contributed by atoms with E-state index in [2.05, 4.69) is 39.8 Å². The van der Waals surface area contributed by atoms with E-state index in [4.69, 9.17) is 24.5 Å². The van der Waals surface area contributed by atoms with E-state index in [1.165, 1.54) is 23.7 Å². The van der Waals surface area contributed by atoms with Gasteiger partial charge in [0.25, 0.3) is 5.88 Å². The van der Waals surface area contributed by atoms with Crippen molar-refractivity contribution in [2.24, 2.45) is 0 Å². The molecular weight excluding hydrogens is 392 g/mol. The summed E-state index contributed by atoms with van der Waals surface area (Å²) in [5, 5.41) is 17.9. The number of carboxylic acid groups (broad SMARTS) is 2. The fraction of sp³-hybridized carbons (Fsp3) is 0.500. The number of ether oxygens (including phenoxy) is 1. The summed E-state index contributed by atoms with van der Waals surface area (Å²) in [4.78, 5) is 20.1. The van der Waals surface area contributed by atoms with E-state index in [-0.39, 0.29) is 59.1 Å². The predicted octanol–water partition coefficient (Wildman–Crippen LogP) is -6.51. The topological polar surface area (TPSA) is 119 Å². The van der Waals surface area contributed by atoms with Crippen molar-refractivity contribution in [3.05, 3.63) is 23.9 Å². The number of aromatic nitrogens is 2. The molecule has 0 saturated carbocycles. The van der Waals surface area contributed by atoms with E-state index in [1.807, 2.05) is 6.08 Å². The minimum atomic E-state index is -2.19. The molecule has 0 radical (unpaired) electrons. The Balaban J connectivity index is 0. The Kier molecular flexibility index (Phi) is 17.9. The van der Waals surface area contributed by atoms with E-state index in [0.29, 0.717) is 12.5 Å². The molecule has 0 saturated heterocycles. The molecule has 138 valence electrons. The maximum atomic E-state index is 8.93. The summed E-state index contributed by atoms with van der Waals surface area (Å²) in [6.45, 7) is 4.77. The quantitative estimate of drug-likeness (QED) is 0.257. The Labute approximate surface area is 207 Å². The second kappa shape index (κ2) is 16.7. The van der Waals surface area contributed by atoms with E-state index in [9.17, 15) is 0 Å². The number of likely N-dealkylation sites (N-methyl/N-ethyl adjacent to an activating group) is 1. The molecule has 2 rings (SSSR count). The molecule has 0 unspecified atom stereocenters. The van der Waals surface area contributed by atoms with Gasteiger partial charge in [-0.25, -0.2) is 0 Å². The fourth-order valence-electron chi connectivity index (χ4n) is 2.02. The second-order valence-corrected chi connectivity index (χ2v) is 5.85. The Bertz CT molecular complexity index is 625. The summed E-state index contributed by atoms with van der Waals surface area (Å²) < 4.78 is 14.3. The number of unbranched alkanes of at least 4 members (excludes halogenated alkanes) is 1. The van der Waals surface area contributed by atoms with Crippen LogP contribution in [0.2, 0.25) is 0 Å². The molecule has 0 amide bonds. The summed E-state index contributed by atoms with van der Waals surface area (Å²) in [5.74, 6) is -3.70. The van der Waals surface area contributed by atoms with E-state index in [0.717, 1.165) is 31.6 Å². The minimum absolute atomic E-state index is 0. The van der Waals surface area contributed by atoms with Crippen molar-refractivity contribution in [1.29, 1.82) is 0 Å². The van der Waals surface area contributed by atoms with Crippen LogP contribution in [0.25, 0.3) is 5.57 Å². The van der Waals surface area contributed by atoms with Crippen LogP contribution >= 0.6 is 11.7 Å². The number of nitrogens with zero attached hydrogens (tertiary/aromatic N) is 3. The van der Waals surface area contributed by atoms with Crippen LogP contribution in [0.1, 0.15) is 31.9 Å². The van der Waals surface area contributed by atoms with Crippen molar-refractivity contribution in [3.63, 3.8) is 0 Å². The van der Waals surface area contributed by atoms with Crippen molar-refractivity contribution >= 4 is 29.2 Å². The van der Waals surface area contributed by atoms with Crippen molar-refractivity contribution in [2.75, 3.05) is 26.7 Å². The average molecular weight is 413 g/mol. The SMILES string of the molecule is CCC/C=C/COc1nsnc1C1=CCCN(C)C1.O=C([O-])C(=O)[O-].[Na+].[Na+]. The molecule has 1 aromatic rings. The zero-order chi connectivity index (χ0) is 18.7. The van der Waals surface area contributed by atoms with Crippen LogP contribution in [0.15, 0.2) is 18.2 Å². The first kappa shape index (κ1) is 28.9. The van der Waals surface area contributed by atoms with Gasteiger partial charge in [-0.15, -0.1) is 4.37 Å². The van der Waals surface area contributed by atoms with E-state index in [1.54, 1.807) is 0 Å². The van der Waals surface area contributed by atoms with Gasteiger partial charge in [0.05, 0.1) is 23.7 Å². The third-order valence-electron chi connectivity index (χ3n) is 3.21. The van der Waals surface area contributed by atoms with Crippen molar-refractivity contribution in [1.82, 2.24) is 13.6 Å². The molecule has 1 aliphatic rings. The fourth-order valence-corrected chi connectivity index (χ4v) is 2.55. The van der Waals surface area contributed by atoms with Crippen molar-refractivity contribution < 1.29 is 83.7 Å². The van der Waals surface area contributed by atoms with Gasteiger partial charge in [0.1, 0.15) is 12.3 Å². The van der Waals surface area contributed by atoms with Crippen LogP contribution < -0.4 is 74.1 Å². The largest absolute Gasteiger partial charge is 1.00 e. The zero-order valence-corrected chi connectivity index (χ0v) is 21.1. The molecule has 8 nitrogen and oxygen atoms in total. The number of allylic oxidation sites excluding steroid dienone is 1. The summed E-state index contributed by atoms with van der Waals surface area (Å²) in [7, 11) is 2.13. The number of carbonyl (C=O) groups is 2. The molecule has 27 heavy (non-hydrogen) atoms. The number of aliphatic carboxylic acids is 2. The molecule has 0 bridgehead atoms. The van der Waals surface area contributed by atoms with Crippen molar-refractivity contribution in [3.8, 4) is 5.88 Å². The first-order valence-electron chi connectivity index (χ1n) is 7.86. The van der Waals surface area contributed by atoms with Gasteiger partial charge in [-0.05, 0) is 25.5 Å². The third kappa shape index (κ3) is 12.0. The molecule has 0 spiro atoms. The number of rotatable bonds is 6. The van der Waals surface area contributed by atoms with Gasteiger partial charge < -0.3 is 29.4 Å². The Morgan fingerprint density at radius 3 is 2.48 bits per heavy atom. The van der Waals surface area contributed by atoms with Gasteiger partial charge in [0.2, 0.25) is 0 Å². The van der Waals surface area contributed by atoms with E-state index < -0.39 is 11.9 Å². The van der Waals surface area contributed by atoms with Gasteiger partial charge in [-0.1, -0.05) is 31.6 Å². The monoisotopic (exact) mass is 413 g/mol. The maximum absolute atomic E-state index is 8.93. The predicted molar refractivity (Wildman–Crippen MR) is 89.6 cm³/mol. The third-order valence-corrected chi connectivity index (χ3v) is 3.72. The first-order valence-corrected chi connectivity index (χ1v) is 8.59. The summed E-state index contributed by atoms with van der Waals surface area (Å²) in [5.41, 5.74) is 2.15. The van der Waals surface area contributed by atoms with Crippen LogP contribution in [0, 0.1) is 0 Å². The Morgan fingerprint density at radius 2 is 1.93 bits per heavy atom. The summed E-state index contributed by atoms with van der Waals surface area (Å²) >= 11 is 1.22. The molecule has 11 heteroatoms. The molecule has 0 aromatic carbocycles. The zero-order valence-electron chi connectivity index (χ0n) is 16.3. The maximum Gasteiger partial charge on any atom is 1.00 e. The van der Waals surface area contributed by atoms with Gasteiger partial charge in [-0.3, -0.25) is 0 Å². The molecule has 2 heterocycles. The van der Waals surface area contributed by atoms with Gasteiger partial charge in [0, 0.05) is 13.1 Å².